The van der Waals surface area contributed by atoms with Crippen LogP contribution in [0.2, 0.25) is 0 Å². The minimum absolute atomic E-state index is 0.113. The van der Waals surface area contributed by atoms with Gasteiger partial charge in [0.25, 0.3) is 0 Å². The Labute approximate surface area is 136 Å². The van der Waals surface area contributed by atoms with Crippen LogP contribution in [0.4, 0.5) is 13.2 Å². The van der Waals surface area contributed by atoms with Crippen molar-refractivity contribution in [1.82, 2.24) is 15.1 Å². The molecule has 2 rings (SSSR count). The monoisotopic (exact) mass is 336 g/mol. The van der Waals surface area contributed by atoms with Crippen molar-refractivity contribution in [3.8, 4) is 11.8 Å². The molecule has 0 aliphatic carbocycles. The largest absolute Gasteiger partial charge is 0.413 e. The number of benzene rings is 1. The van der Waals surface area contributed by atoms with Crippen LogP contribution in [0.25, 0.3) is 5.69 Å². The van der Waals surface area contributed by atoms with Crippen LogP contribution in [0.1, 0.15) is 29.4 Å². The second-order valence-electron chi connectivity index (χ2n) is 5.21. The maximum absolute atomic E-state index is 13.4. The van der Waals surface area contributed by atoms with E-state index in [0.29, 0.717) is 5.69 Å². The van der Waals surface area contributed by atoms with Crippen LogP contribution in [0, 0.1) is 25.2 Å². The molecule has 1 amide bonds. The molecule has 0 aliphatic rings. The number of aromatic nitrogens is 2. The molecule has 1 unspecified atom stereocenters. The van der Waals surface area contributed by atoms with Crippen molar-refractivity contribution < 1.29 is 18.0 Å². The number of aryl methyl sites for hydroxylation is 1. The first kappa shape index (κ1) is 17.5. The fourth-order valence-corrected chi connectivity index (χ4v) is 2.49. The highest BCUT2D eigenvalue weighted by Gasteiger charge is 2.44. The minimum atomic E-state index is -4.70. The van der Waals surface area contributed by atoms with Crippen LogP contribution in [0.15, 0.2) is 30.3 Å². The molecule has 1 aromatic carbocycles. The molecule has 0 fully saturated rings. The first-order valence-electron chi connectivity index (χ1n) is 7.10. The van der Waals surface area contributed by atoms with Crippen LogP contribution >= 0.6 is 0 Å². The molecule has 1 aromatic heterocycles. The van der Waals surface area contributed by atoms with Crippen molar-refractivity contribution in [3.05, 3.63) is 47.3 Å². The number of alkyl halides is 3. The predicted molar refractivity (Wildman–Crippen MR) is 80.2 cm³/mol. The van der Waals surface area contributed by atoms with E-state index in [1.54, 1.807) is 30.3 Å². The zero-order valence-corrected chi connectivity index (χ0v) is 13.1. The van der Waals surface area contributed by atoms with Gasteiger partial charge in [-0.1, -0.05) is 18.2 Å². The third-order valence-corrected chi connectivity index (χ3v) is 3.51. The van der Waals surface area contributed by atoms with Gasteiger partial charge in [-0.05, 0) is 26.0 Å². The van der Waals surface area contributed by atoms with Gasteiger partial charge in [-0.25, -0.2) is 4.68 Å². The third-order valence-electron chi connectivity index (χ3n) is 3.51. The number of halogens is 3. The van der Waals surface area contributed by atoms with Gasteiger partial charge in [-0.2, -0.15) is 23.5 Å². The lowest BCUT2D eigenvalue weighted by Crippen LogP contribution is -2.38. The average molecular weight is 336 g/mol. The van der Waals surface area contributed by atoms with E-state index in [4.69, 9.17) is 5.26 Å². The Morgan fingerprint density at radius 1 is 1.33 bits per heavy atom. The number of hydrogen-bond donors (Lipinski definition) is 1. The summed E-state index contributed by atoms with van der Waals surface area (Å²) in [6.07, 6.45) is -5.34. The Balaban J connectivity index is 2.50. The van der Waals surface area contributed by atoms with E-state index >= 15 is 0 Å². The molecule has 0 saturated carbocycles. The van der Waals surface area contributed by atoms with Gasteiger partial charge in [0, 0.05) is 11.3 Å². The fourth-order valence-electron chi connectivity index (χ4n) is 2.49. The second-order valence-corrected chi connectivity index (χ2v) is 5.21. The Morgan fingerprint density at radius 3 is 2.50 bits per heavy atom. The second kappa shape index (κ2) is 6.74. The summed E-state index contributed by atoms with van der Waals surface area (Å²) in [4.78, 5) is 11.5. The molecule has 0 aliphatic heterocycles. The highest BCUT2D eigenvalue weighted by molar-refractivity contribution is 5.78. The summed E-state index contributed by atoms with van der Waals surface area (Å²) in [7, 11) is 0. The molecular weight excluding hydrogens is 321 g/mol. The topological polar surface area (TPSA) is 70.7 Å². The summed E-state index contributed by atoms with van der Waals surface area (Å²) in [6.45, 7) is 2.97. The molecule has 2 aromatic rings. The van der Waals surface area contributed by atoms with E-state index in [2.05, 4.69) is 5.10 Å². The van der Waals surface area contributed by atoms with Gasteiger partial charge in [-0.15, -0.1) is 0 Å². The Bertz CT molecular complexity index is 775. The van der Waals surface area contributed by atoms with E-state index in [1.807, 2.05) is 5.32 Å². The van der Waals surface area contributed by atoms with Gasteiger partial charge in [0.1, 0.15) is 6.42 Å². The lowest BCUT2D eigenvalue weighted by molar-refractivity contribution is -0.163. The molecule has 0 spiro atoms. The van der Waals surface area contributed by atoms with E-state index in [-0.39, 0.29) is 17.0 Å². The number of hydrogen-bond acceptors (Lipinski definition) is 3. The van der Waals surface area contributed by atoms with Gasteiger partial charge >= 0.3 is 6.18 Å². The molecule has 8 heteroatoms. The number of nitriles is 1. The molecule has 24 heavy (non-hydrogen) atoms. The quantitative estimate of drug-likeness (QED) is 0.932. The first-order chi connectivity index (χ1) is 11.3. The van der Waals surface area contributed by atoms with Crippen LogP contribution in [0.5, 0.6) is 0 Å². The maximum atomic E-state index is 13.4. The van der Waals surface area contributed by atoms with Crippen molar-refractivity contribution in [2.45, 2.75) is 32.5 Å². The number of amides is 1. The van der Waals surface area contributed by atoms with Gasteiger partial charge in [0.05, 0.1) is 17.5 Å². The minimum Gasteiger partial charge on any atom is -0.340 e. The number of rotatable bonds is 4. The summed E-state index contributed by atoms with van der Waals surface area (Å²) < 4.78 is 41.7. The first-order valence-corrected chi connectivity index (χ1v) is 7.10. The highest BCUT2D eigenvalue weighted by Crippen LogP contribution is 2.36. The number of carbonyl (C=O) groups is 1. The normalized spacial score (nSPS) is 12.5. The lowest BCUT2D eigenvalue weighted by Gasteiger charge is -2.22. The summed E-state index contributed by atoms with van der Waals surface area (Å²) in [6, 6.07) is 8.06. The summed E-state index contributed by atoms with van der Waals surface area (Å²) in [5.74, 6) is -0.980. The van der Waals surface area contributed by atoms with Crippen molar-refractivity contribution >= 4 is 5.91 Å². The van der Waals surface area contributed by atoms with Crippen molar-refractivity contribution in [3.63, 3.8) is 0 Å². The summed E-state index contributed by atoms with van der Waals surface area (Å²) >= 11 is 0. The third kappa shape index (κ3) is 3.56. The Kier molecular flexibility index (Phi) is 4.93. The molecular formula is C16H15F3N4O. The molecule has 0 bridgehead atoms. The standard InChI is InChI=1S/C16H15F3N4O/c1-10-14(15(16(17,18)19)21-13(24)8-9-20)11(2)23(22-10)12-6-4-3-5-7-12/h3-7,15H,8H2,1-2H3,(H,21,24). The van der Waals surface area contributed by atoms with Crippen LogP contribution in [-0.2, 0) is 4.79 Å². The zero-order chi connectivity index (χ0) is 17.9. The van der Waals surface area contributed by atoms with E-state index in [0.717, 1.165) is 0 Å². The van der Waals surface area contributed by atoms with Gasteiger partial charge < -0.3 is 5.32 Å². The molecule has 5 nitrogen and oxygen atoms in total. The highest BCUT2D eigenvalue weighted by atomic mass is 19.4. The molecule has 126 valence electrons. The molecule has 1 N–H and O–H groups in total. The van der Waals surface area contributed by atoms with E-state index < -0.39 is 24.5 Å². The van der Waals surface area contributed by atoms with E-state index in [9.17, 15) is 18.0 Å². The van der Waals surface area contributed by atoms with Gasteiger partial charge in [0.15, 0.2) is 6.04 Å². The SMILES string of the molecule is Cc1nn(-c2ccccc2)c(C)c1C(NC(=O)CC#N)C(F)(F)F. The molecule has 0 saturated heterocycles. The Hall–Kier alpha value is -2.82. The summed E-state index contributed by atoms with van der Waals surface area (Å²) in [5, 5.41) is 14.5. The lowest BCUT2D eigenvalue weighted by atomic mass is 10.0. The Morgan fingerprint density at radius 2 is 1.96 bits per heavy atom. The van der Waals surface area contributed by atoms with E-state index in [1.165, 1.54) is 24.6 Å². The van der Waals surface area contributed by atoms with Crippen molar-refractivity contribution in [1.29, 1.82) is 5.26 Å². The number of nitrogens with one attached hydrogen (secondary N) is 1. The molecule has 1 atom stereocenters. The van der Waals surface area contributed by atoms with Crippen LogP contribution in [-0.4, -0.2) is 21.9 Å². The predicted octanol–water partition coefficient (Wildman–Crippen LogP) is 3.12. The number of nitrogens with zero attached hydrogens (tertiary/aromatic N) is 3. The molecule has 0 radical (unpaired) electrons. The molecule has 1 heterocycles. The number of para-hydroxylation sites is 1. The smallest absolute Gasteiger partial charge is 0.340 e. The van der Waals surface area contributed by atoms with Crippen LogP contribution in [0.3, 0.4) is 0 Å². The fraction of sp³-hybridized carbons (Fsp3) is 0.312. The van der Waals surface area contributed by atoms with Crippen LogP contribution < -0.4 is 5.32 Å². The van der Waals surface area contributed by atoms with Gasteiger partial charge in [-0.3, -0.25) is 4.79 Å². The maximum Gasteiger partial charge on any atom is 0.413 e. The zero-order valence-electron chi connectivity index (χ0n) is 13.1. The average Bonchev–Trinajstić information content (AvgIpc) is 2.80. The number of carbonyl (C=O) groups excluding carboxylic acids is 1. The van der Waals surface area contributed by atoms with Crippen molar-refractivity contribution in [2.24, 2.45) is 0 Å². The summed E-state index contributed by atoms with van der Waals surface area (Å²) in [5.41, 5.74) is 0.945. The van der Waals surface area contributed by atoms with Crippen molar-refractivity contribution in [2.75, 3.05) is 0 Å². The van der Waals surface area contributed by atoms with Gasteiger partial charge in [0.2, 0.25) is 5.91 Å².